The lowest BCUT2D eigenvalue weighted by molar-refractivity contribution is 0.479. The van der Waals surface area contributed by atoms with E-state index in [1.54, 1.807) is 6.20 Å². The van der Waals surface area contributed by atoms with Crippen molar-refractivity contribution in [3.8, 4) is 5.75 Å². The third-order valence-corrected chi connectivity index (χ3v) is 2.18. The summed E-state index contributed by atoms with van der Waals surface area (Å²) in [5.74, 6) is 0.358. The van der Waals surface area contributed by atoms with E-state index < -0.39 is 0 Å². The number of nitrogens with zero attached hydrogens (tertiary/aromatic N) is 1. The van der Waals surface area contributed by atoms with Crippen LogP contribution in [0.3, 0.4) is 0 Å². The predicted octanol–water partition coefficient (Wildman–Crippen LogP) is 2.19. The van der Waals surface area contributed by atoms with Gasteiger partial charge in [0.15, 0.2) is 0 Å². The van der Waals surface area contributed by atoms with Crippen molar-refractivity contribution in [2.75, 3.05) is 0 Å². The zero-order chi connectivity index (χ0) is 8.72. The molecule has 0 bridgehead atoms. The van der Waals surface area contributed by atoms with Crippen molar-refractivity contribution in [2.24, 2.45) is 7.05 Å². The Labute approximate surface area is 71.1 Å². The zero-order valence-corrected chi connectivity index (χ0v) is 7.20. The summed E-state index contributed by atoms with van der Waals surface area (Å²) in [6.07, 6.45) is 1.73. The van der Waals surface area contributed by atoms with Crippen molar-refractivity contribution >= 4 is 10.9 Å². The minimum atomic E-state index is 0.358. The number of para-hydroxylation sites is 1. The number of aromatic hydroxyl groups is 1. The van der Waals surface area contributed by atoms with E-state index in [2.05, 4.69) is 0 Å². The molecule has 12 heavy (non-hydrogen) atoms. The third-order valence-electron chi connectivity index (χ3n) is 2.18. The number of aromatic nitrogens is 1. The second kappa shape index (κ2) is 2.27. The molecule has 62 valence electrons. The molecule has 2 aromatic rings. The molecule has 0 spiro atoms. The summed E-state index contributed by atoms with van der Waals surface area (Å²) in [5.41, 5.74) is 2.30. The van der Waals surface area contributed by atoms with Gasteiger partial charge in [0.1, 0.15) is 5.75 Å². The Bertz CT molecular complexity index is 429. The molecule has 1 heterocycles. The highest BCUT2D eigenvalue weighted by Gasteiger charge is 2.05. The van der Waals surface area contributed by atoms with Gasteiger partial charge >= 0.3 is 0 Å². The smallest absolute Gasteiger partial charge is 0.141 e. The van der Waals surface area contributed by atoms with Gasteiger partial charge in [-0.25, -0.2) is 0 Å². The monoisotopic (exact) mass is 161 g/mol. The highest BCUT2D eigenvalue weighted by molar-refractivity contribution is 5.88. The molecule has 1 aromatic carbocycles. The molecule has 1 aromatic heterocycles. The number of fused-ring (bicyclic) bond motifs is 1. The van der Waals surface area contributed by atoms with Crippen LogP contribution in [0.25, 0.3) is 10.9 Å². The maximum atomic E-state index is 9.50. The van der Waals surface area contributed by atoms with E-state index in [9.17, 15) is 5.11 Å². The molecule has 0 unspecified atom stereocenters. The maximum absolute atomic E-state index is 9.50. The topological polar surface area (TPSA) is 25.2 Å². The summed E-state index contributed by atoms with van der Waals surface area (Å²) >= 11 is 0. The molecule has 0 aliphatic carbocycles. The molecule has 0 atom stereocenters. The van der Waals surface area contributed by atoms with Gasteiger partial charge in [-0.05, 0) is 18.6 Å². The first-order valence-corrected chi connectivity index (χ1v) is 3.94. The number of rotatable bonds is 0. The highest BCUT2D eigenvalue weighted by atomic mass is 16.3. The minimum absolute atomic E-state index is 0.358. The van der Waals surface area contributed by atoms with Gasteiger partial charge in [0.2, 0.25) is 0 Å². The molecular weight excluding hydrogens is 150 g/mol. The van der Waals surface area contributed by atoms with Gasteiger partial charge in [-0.1, -0.05) is 12.1 Å². The van der Waals surface area contributed by atoms with Crippen LogP contribution in [0.4, 0.5) is 0 Å². The summed E-state index contributed by atoms with van der Waals surface area (Å²) in [4.78, 5) is 0. The molecule has 0 saturated carbocycles. The van der Waals surface area contributed by atoms with Crippen molar-refractivity contribution in [1.82, 2.24) is 4.57 Å². The van der Waals surface area contributed by atoms with Gasteiger partial charge < -0.3 is 9.67 Å². The van der Waals surface area contributed by atoms with Crippen LogP contribution in [-0.2, 0) is 7.05 Å². The van der Waals surface area contributed by atoms with Crippen LogP contribution in [0.5, 0.6) is 5.75 Å². The molecule has 0 fully saturated rings. The summed E-state index contributed by atoms with van der Waals surface area (Å²) in [5, 5.41) is 10.4. The SMILES string of the molecule is Cc1cccc2c(O)cn(C)c12. The van der Waals surface area contributed by atoms with Crippen LogP contribution >= 0.6 is 0 Å². The normalized spacial score (nSPS) is 10.8. The summed E-state index contributed by atoms with van der Waals surface area (Å²) in [7, 11) is 1.94. The Morgan fingerprint density at radius 3 is 2.75 bits per heavy atom. The molecule has 0 saturated heterocycles. The fourth-order valence-electron chi connectivity index (χ4n) is 1.65. The molecule has 0 amide bonds. The van der Waals surface area contributed by atoms with Crippen LogP contribution in [-0.4, -0.2) is 9.67 Å². The molecular formula is C10H11NO. The Morgan fingerprint density at radius 2 is 2.08 bits per heavy atom. The van der Waals surface area contributed by atoms with Crippen molar-refractivity contribution in [2.45, 2.75) is 6.92 Å². The van der Waals surface area contributed by atoms with Gasteiger partial charge in [-0.2, -0.15) is 0 Å². The van der Waals surface area contributed by atoms with Crippen LogP contribution in [0, 0.1) is 6.92 Å². The van der Waals surface area contributed by atoms with Crippen molar-refractivity contribution < 1.29 is 5.11 Å². The van der Waals surface area contributed by atoms with Gasteiger partial charge in [-0.3, -0.25) is 0 Å². The standard InChI is InChI=1S/C10H11NO/c1-7-4-3-5-8-9(12)6-11(2)10(7)8/h3-6,12H,1-2H3. The maximum Gasteiger partial charge on any atom is 0.141 e. The first-order valence-electron chi connectivity index (χ1n) is 3.94. The lowest BCUT2D eigenvalue weighted by atomic mass is 10.1. The van der Waals surface area contributed by atoms with Gasteiger partial charge in [0, 0.05) is 18.6 Å². The quantitative estimate of drug-likeness (QED) is 0.629. The number of benzene rings is 1. The highest BCUT2D eigenvalue weighted by Crippen LogP contribution is 2.27. The van der Waals surface area contributed by atoms with Crippen molar-refractivity contribution in [1.29, 1.82) is 0 Å². The molecule has 0 radical (unpaired) electrons. The lowest BCUT2D eigenvalue weighted by Gasteiger charge is -1.98. The summed E-state index contributed by atoms with van der Waals surface area (Å²) in [6.45, 7) is 2.04. The van der Waals surface area contributed by atoms with E-state index in [4.69, 9.17) is 0 Å². The average Bonchev–Trinajstić information content (AvgIpc) is 2.29. The second-order valence-electron chi connectivity index (χ2n) is 3.10. The minimum Gasteiger partial charge on any atom is -0.506 e. The first kappa shape index (κ1) is 7.22. The van der Waals surface area contributed by atoms with Crippen LogP contribution in [0.15, 0.2) is 24.4 Å². The number of hydrogen-bond acceptors (Lipinski definition) is 1. The predicted molar refractivity (Wildman–Crippen MR) is 49.3 cm³/mol. The second-order valence-corrected chi connectivity index (χ2v) is 3.10. The Morgan fingerprint density at radius 1 is 1.33 bits per heavy atom. The Balaban J connectivity index is 2.99. The molecule has 2 rings (SSSR count). The van der Waals surface area contributed by atoms with E-state index in [1.807, 2.05) is 36.7 Å². The van der Waals surface area contributed by atoms with E-state index in [-0.39, 0.29) is 0 Å². The van der Waals surface area contributed by atoms with Crippen molar-refractivity contribution in [3.63, 3.8) is 0 Å². The third kappa shape index (κ3) is 0.811. The van der Waals surface area contributed by atoms with Gasteiger partial charge in [-0.15, -0.1) is 0 Å². The van der Waals surface area contributed by atoms with E-state index in [0.717, 1.165) is 10.9 Å². The average molecular weight is 161 g/mol. The fourth-order valence-corrected chi connectivity index (χ4v) is 1.65. The Kier molecular flexibility index (Phi) is 1.37. The lowest BCUT2D eigenvalue weighted by Crippen LogP contribution is -1.86. The molecule has 2 heteroatoms. The van der Waals surface area contributed by atoms with Gasteiger partial charge in [0.05, 0.1) is 5.52 Å². The Hall–Kier alpha value is -1.44. The zero-order valence-electron chi connectivity index (χ0n) is 7.20. The summed E-state index contributed by atoms with van der Waals surface area (Å²) in [6, 6.07) is 5.93. The van der Waals surface area contributed by atoms with Crippen LogP contribution < -0.4 is 0 Å². The molecule has 0 aliphatic heterocycles. The largest absolute Gasteiger partial charge is 0.506 e. The number of hydrogen-bond donors (Lipinski definition) is 1. The first-order chi connectivity index (χ1) is 5.70. The summed E-state index contributed by atoms with van der Waals surface area (Å²) < 4.78 is 1.94. The van der Waals surface area contributed by atoms with E-state index in [1.165, 1.54) is 5.56 Å². The van der Waals surface area contributed by atoms with Crippen LogP contribution in [0.1, 0.15) is 5.56 Å². The molecule has 0 aliphatic rings. The van der Waals surface area contributed by atoms with E-state index >= 15 is 0 Å². The van der Waals surface area contributed by atoms with E-state index in [0.29, 0.717) is 5.75 Å². The fraction of sp³-hybridized carbons (Fsp3) is 0.200. The van der Waals surface area contributed by atoms with Crippen LogP contribution in [0.2, 0.25) is 0 Å². The van der Waals surface area contributed by atoms with Crippen molar-refractivity contribution in [3.05, 3.63) is 30.0 Å². The number of aryl methyl sites for hydroxylation is 2. The van der Waals surface area contributed by atoms with Gasteiger partial charge in [0.25, 0.3) is 0 Å². The molecule has 2 nitrogen and oxygen atoms in total. The molecule has 1 N–H and O–H groups in total.